The fraction of sp³-hybridized carbons (Fsp3) is 0. The van der Waals surface area contributed by atoms with E-state index in [0.717, 1.165) is 26.9 Å². The van der Waals surface area contributed by atoms with Crippen LogP contribution in [-0.2, 0) is 0 Å². The summed E-state index contributed by atoms with van der Waals surface area (Å²) in [5, 5.41) is 8.77. The Morgan fingerprint density at radius 2 is 1.89 bits per heavy atom. The quantitative estimate of drug-likeness (QED) is 0.741. The number of hydrogen-bond donors (Lipinski definition) is 1. The molecule has 0 unspecified atom stereocenters. The van der Waals surface area contributed by atoms with Crippen LogP contribution in [0.4, 0.5) is 0 Å². The number of hydrogen-bond acceptors (Lipinski definition) is 2. The molecule has 4 heteroatoms. The minimum Gasteiger partial charge on any atom is -0.338 e. The molecule has 0 atom stereocenters. The van der Waals surface area contributed by atoms with Gasteiger partial charge in [-0.05, 0) is 42.5 Å². The van der Waals surface area contributed by atoms with Crippen molar-refractivity contribution in [1.29, 1.82) is 5.26 Å². The van der Waals surface area contributed by atoms with Crippen molar-refractivity contribution in [2.24, 2.45) is 0 Å². The van der Waals surface area contributed by atoms with Crippen LogP contribution in [0.2, 0.25) is 0 Å². The molecule has 3 rings (SSSR count). The first-order valence-electron chi connectivity index (χ1n) is 5.42. The van der Waals surface area contributed by atoms with Crippen LogP contribution in [0.15, 0.2) is 46.9 Å². The number of benzene rings is 2. The van der Waals surface area contributed by atoms with Gasteiger partial charge in [0.1, 0.15) is 5.82 Å². The van der Waals surface area contributed by atoms with Crippen LogP contribution < -0.4 is 0 Å². The normalized spacial score (nSPS) is 10.4. The molecule has 1 N–H and O–H groups in total. The van der Waals surface area contributed by atoms with Gasteiger partial charge in [0.25, 0.3) is 0 Å². The molecule has 0 amide bonds. The number of imidazole rings is 1. The molecule has 0 aliphatic rings. The predicted molar refractivity (Wildman–Crippen MR) is 73.9 cm³/mol. The maximum absolute atomic E-state index is 8.77. The Morgan fingerprint density at radius 3 is 2.61 bits per heavy atom. The third-order valence-corrected chi connectivity index (χ3v) is 3.22. The number of nitrogens with one attached hydrogen (secondary N) is 1. The largest absolute Gasteiger partial charge is 0.338 e. The highest BCUT2D eigenvalue weighted by Gasteiger charge is 2.05. The van der Waals surface area contributed by atoms with Crippen molar-refractivity contribution < 1.29 is 0 Å². The maximum atomic E-state index is 8.77. The maximum Gasteiger partial charge on any atom is 0.138 e. The molecule has 2 aromatic carbocycles. The van der Waals surface area contributed by atoms with E-state index >= 15 is 0 Å². The molecule has 0 saturated carbocycles. The lowest BCUT2D eigenvalue weighted by Crippen LogP contribution is -1.80. The van der Waals surface area contributed by atoms with E-state index in [1.54, 1.807) is 12.1 Å². The number of rotatable bonds is 1. The lowest BCUT2D eigenvalue weighted by Gasteiger charge is -1.95. The minimum atomic E-state index is 0.651. The van der Waals surface area contributed by atoms with Gasteiger partial charge in [-0.2, -0.15) is 5.26 Å². The highest BCUT2D eigenvalue weighted by molar-refractivity contribution is 9.10. The van der Waals surface area contributed by atoms with Crippen molar-refractivity contribution in [2.75, 3.05) is 0 Å². The third kappa shape index (κ3) is 1.89. The van der Waals surface area contributed by atoms with Crippen molar-refractivity contribution >= 4 is 27.0 Å². The Morgan fingerprint density at radius 1 is 1.11 bits per heavy atom. The van der Waals surface area contributed by atoms with Gasteiger partial charge in [0.05, 0.1) is 22.7 Å². The summed E-state index contributed by atoms with van der Waals surface area (Å²) in [6, 6.07) is 15.4. The average molecular weight is 298 g/mol. The van der Waals surface area contributed by atoms with Crippen LogP contribution in [0, 0.1) is 11.3 Å². The fourth-order valence-electron chi connectivity index (χ4n) is 1.82. The van der Waals surface area contributed by atoms with E-state index in [9.17, 15) is 0 Å². The second-order valence-electron chi connectivity index (χ2n) is 3.94. The van der Waals surface area contributed by atoms with Crippen molar-refractivity contribution in [3.8, 4) is 17.5 Å². The molecule has 1 heterocycles. The molecule has 0 saturated heterocycles. The third-order valence-electron chi connectivity index (χ3n) is 2.73. The Hall–Kier alpha value is -2.12. The summed E-state index contributed by atoms with van der Waals surface area (Å²) in [5.74, 6) is 0.813. The second kappa shape index (κ2) is 4.28. The zero-order valence-corrected chi connectivity index (χ0v) is 10.9. The fourth-order valence-corrected chi connectivity index (χ4v) is 2.18. The summed E-state index contributed by atoms with van der Waals surface area (Å²) in [5.41, 5.74) is 3.54. The number of nitriles is 1. The van der Waals surface area contributed by atoms with Gasteiger partial charge in [-0.25, -0.2) is 4.98 Å². The molecule has 3 nitrogen and oxygen atoms in total. The van der Waals surface area contributed by atoms with Crippen molar-refractivity contribution in [1.82, 2.24) is 9.97 Å². The smallest absolute Gasteiger partial charge is 0.138 e. The topological polar surface area (TPSA) is 52.5 Å². The molecule has 86 valence electrons. The van der Waals surface area contributed by atoms with E-state index in [-0.39, 0.29) is 0 Å². The first-order valence-corrected chi connectivity index (χ1v) is 6.21. The Balaban J connectivity index is 2.10. The molecule has 0 aliphatic heterocycles. The van der Waals surface area contributed by atoms with E-state index in [0.29, 0.717) is 5.56 Å². The van der Waals surface area contributed by atoms with Gasteiger partial charge < -0.3 is 4.98 Å². The number of fused-ring (bicyclic) bond motifs is 1. The Kier molecular flexibility index (Phi) is 2.62. The number of halogens is 1. The van der Waals surface area contributed by atoms with Crippen molar-refractivity contribution in [2.45, 2.75) is 0 Å². The van der Waals surface area contributed by atoms with Crippen molar-refractivity contribution in [3.63, 3.8) is 0 Å². The van der Waals surface area contributed by atoms with Gasteiger partial charge >= 0.3 is 0 Å². The molecule has 0 spiro atoms. The van der Waals surface area contributed by atoms with Gasteiger partial charge in [-0.1, -0.05) is 15.9 Å². The average Bonchev–Trinajstić information content (AvgIpc) is 2.81. The summed E-state index contributed by atoms with van der Waals surface area (Å²) in [7, 11) is 0. The first kappa shape index (κ1) is 11.0. The Labute approximate surface area is 112 Å². The molecule has 1 aromatic heterocycles. The van der Waals surface area contributed by atoms with Crippen LogP contribution in [0.5, 0.6) is 0 Å². The molecular formula is C14H8BrN3. The second-order valence-corrected chi connectivity index (χ2v) is 4.85. The van der Waals surface area contributed by atoms with E-state index in [4.69, 9.17) is 5.26 Å². The zero-order chi connectivity index (χ0) is 12.5. The van der Waals surface area contributed by atoms with Crippen LogP contribution in [0.1, 0.15) is 5.56 Å². The molecule has 0 fully saturated rings. The lowest BCUT2D eigenvalue weighted by atomic mass is 10.1. The summed E-state index contributed by atoms with van der Waals surface area (Å²) in [4.78, 5) is 7.79. The monoisotopic (exact) mass is 297 g/mol. The van der Waals surface area contributed by atoms with E-state index < -0.39 is 0 Å². The number of nitrogens with zero attached hydrogens (tertiary/aromatic N) is 2. The highest BCUT2D eigenvalue weighted by atomic mass is 79.9. The molecule has 0 radical (unpaired) electrons. The van der Waals surface area contributed by atoms with Gasteiger partial charge in [-0.3, -0.25) is 0 Å². The van der Waals surface area contributed by atoms with E-state index in [1.807, 2.05) is 30.3 Å². The number of aromatic amines is 1. The van der Waals surface area contributed by atoms with Crippen molar-refractivity contribution in [3.05, 3.63) is 52.5 Å². The summed E-state index contributed by atoms with van der Waals surface area (Å²) >= 11 is 3.43. The molecule has 18 heavy (non-hydrogen) atoms. The molecular weight excluding hydrogens is 290 g/mol. The zero-order valence-electron chi connectivity index (χ0n) is 9.31. The van der Waals surface area contributed by atoms with Crippen LogP contribution in [0.3, 0.4) is 0 Å². The summed E-state index contributed by atoms with van der Waals surface area (Å²) in [6.07, 6.45) is 0. The molecule has 0 bridgehead atoms. The van der Waals surface area contributed by atoms with Gasteiger partial charge in [-0.15, -0.1) is 0 Å². The SMILES string of the molecule is N#Cc1ccc(-c2nc3ccc(Br)cc3[nH]2)cc1. The van der Waals surface area contributed by atoms with E-state index in [1.165, 1.54) is 0 Å². The van der Waals surface area contributed by atoms with Crippen LogP contribution >= 0.6 is 15.9 Å². The van der Waals surface area contributed by atoms with Gasteiger partial charge in [0, 0.05) is 10.0 Å². The highest BCUT2D eigenvalue weighted by Crippen LogP contribution is 2.23. The Bertz CT molecular complexity index is 751. The van der Waals surface area contributed by atoms with Crippen LogP contribution in [-0.4, -0.2) is 9.97 Å². The number of aromatic nitrogens is 2. The van der Waals surface area contributed by atoms with Crippen LogP contribution in [0.25, 0.3) is 22.4 Å². The summed E-state index contributed by atoms with van der Waals surface area (Å²) < 4.78 is 1.02. The summed E-state index contributed by atoms with van der Waals surface area (Å²) in [6.45, 7) is 0. The van der Waals surface area contributed by atoms with Gasteiger partial charge in [0.15, 0.2) is 0 Å². The minimum absolute atomic E-state index is 0.651. The molecule has 0 aliphatic carbocycles. The predicted octanol–water partition coefficient (Wildman–Crippen LogP) is 3.86. The first-order chi connectivity index (χ1) is 8.76. The van der Waals surface area contributed by atoms with E-state index in [2.05, 4.69) is 32.0 Å². The molecule has 3 aromatic rings. The number of H-pyrrole nitrogens is 1. The lowest BCUT2D eigenvalue weighted by molar-refractivity contribution is 1.33. The standard InChI is InChI=1S/C14H8BrN3/c15-11-5-6-12-13(7-11)18-14(17-12)10-3-1-9(8-16)2-4-10/h1-7H,(H,17,18). The van der Waals surface area contributed by atoms with Gasteiger partial charge in [0.2, 0.25) is 0 Å².